The Kier molecular flexibility index (Phi) is 4.77. The number of aliphatic imine (C=N–C) groups is 4. The summed E-state index contributed by atoms with van der Waals surface area (Å²) in [7, 11) is 0. The van der Waals surface area contributed by atoms with Crippen molar-refractivity contribution in [2.24, 2.45) is 20.0 Å². The SMILES string of the molecule is C1=CC2=NC1=CC1=NC(=CC3=NC(=CC4=NC(=C2)C=C4)C=C3c2nccs2)C=C1.[Zn]. The molecule has 5 aliphatic heterocycles. The summed E-state index contributed by atoms with van der Waals surface area (Å²) >= 11 is 1.60. The van der Waals surface area contributed by atoms with Gasteiger partial charge in [0.2, 0.25) is 0 Å². The number of hydrogen-bond acceptors (Lipinski definition) is 6. The molecule has 5 nitrogen and oxygen atoms in total. The summed E-state index contributed by atoms with van der Waals surface area (Å²) in [6, 6.07) is 0. The van der Waals surface area contributed by atoms with Gasteiger partial charge in [0.05, 0.1) is 45.6 Å². The summed E-state index contributed by atoms with van der Waals surface area (Å²) in [4.78, 5) is 23.3. The topological polar surface area (TPSA) is 62.3 Å². The molecule has 0 aromatic carbocycles. The minimum Gasteiger partial charge on any atom is -0.249 e. The average Bonchev–Trinajstić information content (AvgIpc) is 3.50. The first-order valence-corrected chi connectivity index (χ1v) is 10.0. The summed E-state index contributed by atoms with van der Waals surface area (Å²) < 4.78 is 0. The van der Waals surface area contributed by atoms with Gasteiger partial charge >= 0.3 is 0 Å². The van der Waals surface area contributed by atoms with Crippen molar-refractivity contribution in [2.45, 2.75) is 0 Å². The normalized spacial score (nSPS) is 20.5. The van der Waals surface area contributed by atoms with Crippen LogP contribution in [0.3, 0.4) is 0 Å². The van der Waals surface area contributed by atoms with Crippen molar-refractivity contribution in [3.8, 4) is 0 Å². The summed E-state index contributed by atoms with van der Waals surface area (Å²) in [5.74, 6) is 0. The molecule has 138 valence electrons. The number of aromatic nitrogens is 1. The molecule has 8 bridgehead atoms. The predicted molar refractivity (Wildman–Crippen MR) is 120 cm³/mol. The maximum absolute atomic E-state index is 4.82. The summed E-state index contributed by atoms with van der Waals surface area (Å²) in [5.41, 5.74) is 7.94. The van der Waals surface area contributed by atoms with Gasteiger partial charge in [-0.3, -0.25) is 0 Å². The molecule has 30 heavy (non-hydrogen) atoms. The number of fused-ring (bicyclic) bond motifs is 4. The van der Waals surface area contributed by atoms with E-state index in [1.54, 1.807) is 11.3 Å². The van der Waals surface area contributed by atoms with Crippen LogP contribution in [0.1, 0.15) is 5.01 Å². The molecule has 0 fully saturated rings. The zero-order valence-electron chi connectivity index (χ0n) is 15.9. The standard InChI is InChI=1S/C23H13N5S.Zn/c1-2-15-10-17-5-6-19(27-17)13-22-21(23-24-7-8-29-23)12-20(28-22)11-18-4-3-16(26-18)9-14(1)25-15;/h1-13H;. The minimum absolute atomic E-state index is 0. The number of thiazole rings is 1. The molecule has 0 saturated carbocycles. The average molecular weight is 457 g/mol. The number of rotatable bonds is 1. The van der Waals surface area contributed by atoms with Crippen LogP contribution in [0, 0.1) is 0 Å². The first kappa shape index (κ1) is 18.9. The molecule has 0 spiro atoms. The molecular formula is C23H13N5SZn. The molecule has 7 heteroatoms. The van der Waals surface area contributed by atoms with Gasteiger partial charge in [0.25, 0.3) is 0 Å². The molecule has 0 N–H and O–H groups in total. The molecular weight excluding hydrogens is 444 g/mol. The second-order valence-corrected chi connectivity index (χ2v) is 7.67. The van der Waals surface area contributed by atoms with E-state index in [2.05, 4.69) is 21.0 Å². The Labute approximate surface area is 190 Å². The fourth-order valence-corrected chi connectivity index (χ4v) is 4.09. The Morgan fingerprint density at radius 1 is 0.567 bits per heavy atom. The quantitative estimate of drug-likeness (QED) is 0.571. The Bertz CT molecular complexity index is 1320. The monoisotopic (exact) mass is 455 g/mol. The van der Waals surface area contributed by atoms with Crippen LogP contribution >= 0.6 is 11.3 Å². The molecule has 0 radical (unpaired) electrons. The zero-order valence-corrected chi connectivity index (χ0v) is 19.6. The van der Waals surface area contributed by atoms with Crippen LogP contribution in [0.4, 0.5) is 0 Å². The largest absolute Gasteiger partial charge is 0.249 e. The fourth-order valence-electron chi connectivity index (χ4n) is 3.43. The minimum atomic E-state index is 0. The van der Waals surface area contributed by atoms with Crippen molar-refractivity contribution in [3.05, 3.63) is 106 Å². The third-order valence-corrected chi connectivity index (χ3v) is 5.51. The van der Waals surface area contributed by atoms with Crippen LogP contribution in [0.25, 0.3) is 5.57 Å². The van der Waals surface area contributed by atoms with Crippen LogP contribution < -0.4 is 0 Å². The molecule has 0 unspecified atom stereocenters. The van der Waals surface area contributed by atoms with Crippen LogP contribution in [0.15, 0.2) is 121 Å². The van der Waals surface area contributed by atoms with Crippen molar-refractivity contribution in [2.75, 3.05) is 0 Å². The molecule has 0 saturated heterocycles. The molecule has 0 atom stereocenters. The van der Waals surface area contributed by atoms with Crippen LogP contribution in [-0.4, -0.2) is 27.8 Å². The smallest absolute Gasteiger partial charge is 0.125 e. The van der Waals surface area contributed by atoms with E-state index in [1.807, 2.05) is 72.3 Å². The predicted octanol–water partition coefficient (Wildman–Crippen LogP) is 4.56. The van der Waals surface area contributed by atoms with Crippen molar-refractivity contribution < 1.29 is 19.5 Å². The van der Waals surface area contributed by atoms with Crippen LogP contribution in [-0.2, 0) is 19.5 Å². The van der Waals surface area contributed by atoms with E-state index in [-0.39, 0.29) is 19.5 Å². The molecule has 5 aliphatic rings. The Hall–Kier alpha value is -3.15. The van der Waals surface area contributed by atoms with Gasteiger partial charge in [0.1, 0.15) is 5.01 Å². The zero-order chi connectivity index (χ0) is 19.2. The van der Waals surface area contributed by atoms with Gasteiger partial charge in [-0.15, -0.1) is 11.3 Å². The molecule has 1 aromatic heterocycles. The van der Waals surface area contributed by atoms with Gasteiger partial charge in [-0.1, -0.05) is 0 Å². The maximum atomic E-state index is 4.82. The van der Waals surface area contributed by atoms with Crippen molar-refractivity contribution in [3.63, 3.8) is 0 Å². The second-order valence-electron chi connectivity index (χ2n) is 6.78. The summed E-state index contributed by atoms with van der Waals surface area (Å²) in [6.45, 7) is 0. The number of allylic oxidation sites excluding steroid dienone is 12. The number of hydrogen-bond donors (Lipinski definition) is 0. The van der Waals surface area contributed by atoms with Crippen molar-refractivity contribution in [1.82, 2.24) is 4.98 Å². The van der Waals surface area contributed by atoms with Crippen LogP contribution in [0.5, 0.6) is 0 Å². The van der Waals surface area contributed by atoms with E-state index in [1.165, 1.54) is 0 Å². The molecule has 6 rings (SSSR count). The fraction of sp³-hybridized carbons (Fsp3) is 0. The second kappa shape index (κ2) is 7.60. The molecule has 6 heterocycles. The Morgan fingerprint density at radius 2 is 1.13 bits per heavy atom. The third-order valence-electron chi connectivity index (χ3n) is 4.70. The van der Waals surface area contributed by atoms with E-state index in [0.29, 0.717) is 0 Å². The number of nitrogens with zero attached hydrogens (tertiary/aromatic N) is 5. The van der Waals surface area contributed by atoms with Crippen molar-refractivity contribution >= 4 is 39.8 Å². The Morgan fingerprint density at radius 3 is 1.70 bits per heavy atom. The van der Waals surface area contributed by atoms with Gasteiger partial charge in [-0.05, 0) is 66.8 Å². The molecule has 0 aliphatic carbocycles. The van der Waals surface area contributed by atoms with Crippen LogP contribution in [0.2, 0.25) is 0 Å². The van der Waals surface area contributed by atoms with Gasteiger partial charge in [0, 0.05) is 36.6 Å². The first-order valence-electron chi connectivity index (χ1n) is 9.16. The first-order chi connectivity index (χ1) is 14.3. The summed E-state index contributed by atoms with van der Waals surface area (Å²) in [6.07, 6.45) is 23.7. The summed E-state index contributed by atoms with van der Waals surface area (Å²) in [5, 5.41) is 2.91. The van der Waals surface area contributed by atoms with E-state index in [0.717, 1.165) is 56.2 Å². The van der Waals surface area contributed by atoms with Gasteiger partial charge in [-0.25, -0.2) is 25.0 Å². The molecule has 0 amide bonds. The van der Waals surface area contributed by atoms with Gasteiger partial charge in [0.15, 0.2) is 0 Å². The van der Waals surface area contributed by atoms with E-state index in [4.69, 9.17) is 9.98 Å². The molecule has 1 aromatic rings. The van der Waals surface area contributed by atoms with Gasteiger partial charge in [-0.2, -0.15) is 0 Å². The van der Waals surface area contributed by atoms with Crippen molar-refractivity contribution in [1.29, 1.82) is 0 Å². The Balaban J connectivity index is 0.00000193. The van der Waals surface area contributed by atoms with Gasteiger partial charge < -0.3 is 0 Å². The van der Waals surface area contributed by atoms with E-state index >= 15 is 0 Å². The third kappa shape index (κ3) is 3.58. The van der Waals surface area contributed by atoms with E-state index in [9.17, 15) is 0 Å². The maximum Gasteiger partial charge on any atom is 0.125 e. The van der Waals surface area contributed by atoms with E-state index < -0.39 is 0 Å².